The van der Waals surface area contributed by atoms with Crippen LogP contribution < -0.4 is 11.3 Å². The molecule has 0 radical (unpaired) electrons. The fourth-order valence-corrected chi connectivity index (χ4v) is 2.74. The summed E-state index contributed by atoms with van der Waals surface area (Å²) in [5, 5.41) is 0. The van der Waals surface area contributed by atoms with E-state index in [1.54, 1.807) is 0 Å². The van der Waals surface area contributed by atoms with Crippen molar-refractivity contribution in [3.05, 3.63) is 0 Å². The Labute approximate surface area is 95.3 Å². The molecule has 1 heterocycles. The molecule has 4 nitrogen and oxygen atoms in total. The molecule has 1 aliphatic heterocycles. The number of unbranched alkanes of at least 4 members (excludes halogenated alkanes) is 1. The first-order valence-electron chi connectivity index (χ1n) is 5.51. The van der Waals surface area contributed by atoms with Crippen LogP contribution in [0.25, 0.3) is 0 Å². The van der Waals surface area contributed by atoms with Gasteiger partial charge in [0.2, 0.25) is 0 Å². The van der Waals surface area contributed by atoms with Crippen molar-refractivity contribution in [3.63, 3.8) is 0 Å². The van der Waals surface area contributed by atoms with Crippen molar-refractivity contribution in [1.82, 2.24) is 5.43 Å². The minimum atomic E-state index is -0.327. The highest BCUT2D eigenvalue weighted by molar-refractivity contribution is 7.99. The third-order valence-corrected chi connectivity index (χ3v) is 3.67. The minimum absolute atomic E-state index is 0.198. The molecule has 0 aromatic heterocycles. The zero-order valence-corrected chi connectivity index (χ0v) is 10.0. The highest BCUT2D eigenvalue weighted by Gasteiger charge is 2.29. The molecule has 0 aliphatic carbocycles. The van der Waals surface area contributed by atoms with Crippen LogP contribution in [0, 0.1) is 0 Å². The molecule has 3 N–H and O–H groups in total. The lowest BCUT2D eigenvalue weighted by molar-refractivity contribution is -0.131. The number of carbonyl (C=O) groups excluding carboxylic acids is 1. The van der Waals surface area contributed by atoms with Crippen LogP contribution >= 0.6 is 11.8 Å². The van der Waals surface area contributed by atoms with Gasteiger partial charge in [0.15, 0.2) is 0 Å². The van der Waals surface area contributed by atoms with Crippen molar-refractivity contribution in [3.8, 4) is 0 Å². The summed E-state index contributed by atoms with van der Waals surface area (Å²) >= 11 is 1.91. The first-order chi connectivity index (χ1) is 7.27. The van der Waals surface area contributed by atoms with Crippen LogP contribution in [0.15, 0.2) is 0 Å². The molecule has 1 amide bonds. The SMILES string of the molecule is CCCCSCC1CCC(C(=O)NN)O1. The van der Waals surface area contributed by atoms with Gasteiger partial charge in [-0.05, 0) is 25.0 Å². The molecule has 2 atom stereocenters. The van der Waals surface area contributed by atoms with Gasteiger partial charge < -0.3 is 4.74 Å². The summed E-state index contributed by atoms with van der Waals surface area (Å²) in [5.74, 6) is 7.03. The Kier molecular flexibility index (Phi) is 6.05. The predicted octanol–water partition coefficient (Wildman–Crippen LogP) is 1.06. The monoisotopic (exact) mass is 232 g/mol. The third-order valence-electron chi connectivity index (χ3n) is 2.49. The van der Waals surface area contributed by atoms with E-state index >= 15 is 0 Å². The third kappa shape index (κ3) is 4.40. The van der Waals surface area contributed by atoms with Gasteiger partial charge in [0.05, 0.1) is 6.10 Å². The standard InChI is InChI=1S/C10H20N2O2S/c1-2-3-6-15-7-8-4-5-9(14-8)10(13)12-11/h8-9H,2-7,11H2,1H3,(H,12,13). The van der Waals surface area contributed by atoms with Crippen LogP contribution in [0.4, 0.5) is 0 Å². The number of rotatable bonds is 6. The van der Waals surface area contributed by atoms with E-state index < -0.39 is 0 Å². The molecule has 0 saturated carbocycles. The van der Waals surface area contributed by atoms with E-state index in [2.05, 4.69) is 12.3 Å². The van der Waals surface area contributed by atoms with Crippen LogP contribution in [0.2, 0.25) is 0 Å². The molecule has 1 fully saturated rings. The number of amides is 1. The number of ether oxygens (including phenoxy) is 1. The van der Waals surface area contributed by atoms with Gasteiger partial charge in [-0.25, -0.2) is 5.84 Å². The lowest BCUT2D eigenvalue weighted by atomic mass is 10.2. The largest absolute Gasteiger partial charge is 0.364 e. The van der Waals surface area contributed by atoms with E-state index in [4.69, 9.17) is 10.6 Å². The summed E-state index contributed by atoms with van der Waals surface area (Å²) in [4.78, 5) is 11.2. The Bertz CT molecular complexity index is 202. The number of carbonyl (C=O) groups is 1. The highest BCUT2D eigenvalue weighted by Crippen LogP contribution is 2.23. The van der Waals surface area contributed by atoms with Crippen molar-refractivity contribution in [1.29, 1.82) is 0 Å². The summed E-state index contributed by atoms with van der Waals surface area (Å²) in [6, 6.07) is 0. The maximum absolute atomic E-state index is 11.2. The fraction of sp³-hybridized carbons (Fsp3) is 0.900. The highest BCUT2D eigenvalue weighted by atomic mass is 32.2. The molecule has 2 unspecified atom stereocenters. The summed E-state index contributed by atoms with van der Waals surface area (Å²) in [6.45, 7) is 2.19. The molecular formula is C10H20N2O2S. The second-order valence-electron chi connectivity index (χ2n) is 3.76. The average molecular weight is 232 g/mol. The smallest absolute Gasteiger partial charge is 0.263 e. The predicted molar refractivity (Wildman–Crippen MR) is 62.5 cm³/mol. The molecule has 88 valence electrons. The summed E-state index contributed by atoms with van der Waals surface area (Å²) < 4.78 is 5.58. The summed E-state index contributed by atoms with van der Waals surface area (Å²) in [6.07, 6.45) is 4.15. The molecular weight excluding hydrogens is 212 g/mol. The van der Waals surface area contributed by atoms with Gasteiger partial charge in [-0.15, -0.1) is 0 Å². The van der Waals surface area contributed by atoms with Crippen LogP contribution in [-0.4, -0.2) is 29.6 Å². The molecule has 1 aliphatic rings. The molecule has 1 rings (SSSR count). The number of hydrogen-bond acceptors (Lipinski definition) is 4. The Balaban J connectivity index is 2.11. The second kappa shape index (κ2) is 7.09. The van der Waals surface area contributed by atoms with Gasteiger partial charge in [-0.3, -0.25) is 10.2 Å². The number of nitrogens with one attached hydrogen (secondary N) is 1. The van der Waals surface area contributed by atoms with Crippen molar-refractivity contribution >= 4 is 17.7 Å². The molecule has 0 bridgehead atoms. The van der Waals surface area contributed by atoms with E-state index in [1.807, 2.05) is 11.8 Å². The van der Waals surface area contributed by atoms with Crippen molar-refractivity contribution in [2.45, 2.75) is 44.8 Å². The average Bonchev–Trinajstić information content (AvgIpc) is 2.72. The van der Waals surface area contributed by atoms with E-state index in [0.717, 1.165) is 18.6 Å². The van der Waals surface area contributed by atoms with Gasteiger partial charge in [-0.1, -0.05) is 13.3 Å². The number of hydrogen-bond donors (Lipinski definition) is 2. The van der Waals surface area contributed by atoms with Gasteiger partial charge in [0.25, 0.3) is 5.91 Å². The van der Waals surface area contributed by atoms with Crippen molar-refractivity contribution in [2.75, 3.05) is 11.5 Å². The Morgan fingerprint density at radius 2 is 2.40 bits per heavy atom. The zero-order chi connectivity index (χ0) is 11.1. The first-order valence-corrected chi connectivity index (χ1v) is 6.67. The van der Waals surface area contributed by atoms with Gasteiger partial charge >= 0.3 is 0 Å². The molecule has 0 spiro atoms. The van der Waals surface area contributed by atoms with Gasteiger partial charge in [0, 0.05) is 5.75 Å². The van der Waals surface area contributed by atoms with E-state index in [1.165, 1.54) is 18.6 Å². The van der Waals surface area contributed by atoms with E-state index in [9.17, 15) is 4.79 Å². The topological polar surface area (TPSA) is 64.4 Å². The first kappa shape index (κ1) is 12.8. The maximum Gasteiger partial charge on any atom is 0.263 e. The summed E-state index contributed by atoms with van der Waals surface area (Å²) in [5.41, 5.74) is 2.13. The minimum Gasteiger partial charge on any atom is -0.364 e. The maximum atomic E-state index is 11.2. The number of hydrazine groups is 1. The van der Waals surface area contributed by atoms with E-state index in [0.29, 0.717) is 0 Å². The second-order valence-corrected chi connectivity index (χ2v) is 4.91. The Morgan fingerprint density at radius 1 is 1.60 bits per heavy atom. The molecule has 15 heavy (non-hydrogen) atoms. The van der Waals surface area contributed by atoms with Crippen molar-refractivity contribution in [2.24, 2.45) is 5.84 Å². The van der Waals surface area contributed by atoms with Gasteiger partial charge in [0.1, 0.15) is 6.10 Å². The Hall–Kier alpha value is -0.260. The van der Waals surface area contributed by atoms with Gasteiger partial charge in [-0.2, -0.15) is 11.8 Å². The molecule has 5 heteroatoms. The normalized spacial score (nSPS) is 25.5. The van der Waals surface area contributed by atoms with Crippen LogP contribution in [0.5, 0.6) is 0 Å². The Morgan fingerprint density at radius 3 is 3.07 bits per heavy atom. The quantitative estimate of drug-likeness (QED) is 0.311. The van der Waals surface area contributed by atoms with Crippen LogP contribution in [0.1, 0.15) is 32.6 Å². The lowest BCUT2D eigenvalue weighted by Gasteiger charge is -2.11. The van der Waals surface area contributed by atoms with Crippen LogP contribution in [-0.2, 0) is 9.53 Å². The molecule has 0 aromatic rings. The number of thioether (sulfide) groups is 1. The molecule has 0 aromatic carbocycles. The molecule has 1 saturated heterocycles. The lowest BCUT2D eigenvalue weighted by Crippen LogP contribution is -2.39. The van der Waals surface area contributed by atoms with Crippen molar-refractivity contribution < 1.29 is 9.53 Å². The summed E-state index contributed by atoms with van der Waals surface area (Å²) in [7, 11) is 0. The van der Waals surface area contributed by atoms with Crippen LogP contribution in [0.3, 0.4) is 0 Å². The fourth-order valence-electron chi connectivity index (χ4n) is 1.58. The zero-order valence-electron chi connectivity index (χ0n) is 9.20. The van der Waals surface area contributed by atoms with E-state index in [-0.39, 0.29) is 18.1 Å². The number of nitrogens with two attached hydrogens (primary N) is 1.